The van der Waals surface area contributed by atoms with Gasteiger partial charge in [-0.25, -0.2) is 4.79 Å². The second-order valence-corrected chi connectivity index (χ2v) is 9.12. The number of nitriles is 1. The molecule has 0 saturated carbocycles. The summed E-state index contributed by atoms with van der Waals surface area (Å²) < 4.78 is 12.0. The molecule has 180 valence electrons. The average Bonchev–Trinajstić information content (AvgIpc) is 3.44. The van der Waals surface area contributed by atoms with Crippen molar-refractivity contribution in [3.8, 4) is 23.1 Å². The SMILES string of the molecule is COC(=O)c1ccccc1-c1ccc(/C=c2\s/c(=C(/C#N)C(N)=O)n(-c3ccc(Cl)cc3Cl)c2=O)o1. The zero-order valence-corrected chi connectivity index (χ0v) is 20.8. The van der Waals surface area contributed by atoms with Crippen molar-refractivity contribution in [2.75, 3.05) is 7.11 Å². The lowest BCUT2D eigenvalue weighted by atomic mass is 10.1. The summed E-state index contributed by atoms with van der Waals surface area (Å²) in [5.74, 6) is -0.851. The van der Waals surface area contributed by atoms with Gasteiger partial charge in [-0.15, -0.1) is 11.3 Å². The number of aromatic nitrogens is 1. The first-order valence-corrected chi connectivity index (χ1v) is 11.7. The number of methoxy groups -OCH3 is 1. The molecule has 2 aromatic carbocycles. The number of nitrogens with two attached hydrogens (primary N) is 1. The molecule has 0 atom stereocenters. The summed E-state index contributed by atoms with van der Waals surface area (Å²) in [5.41, 5.74) is 5.47. The molecule has 0 unspecified atom stereocenters. The van der Waals surface area contributed by atoms with Crippen molar-refractivity contribution in [3.63, 3.8) is 0 Å². The van der Waals surface area contributed by atoms with Gasteiger partial charge in [0.15, 0.2) is 5.57 Å². The van der Waals surface area contributed by atoms with Crippen LogP contribution in [0.4, 0.5) is 0 Å². The number of hydrogen-bond acceptors (Lipinski definition) is 7. The number of benzene rings is 2. The fraction of sp³-hybridized carbons (Fsp3) is 0.0400. The van der Waals surface area contributed by atoms with Gasteiger partial charge in [-0.1, -0.05) is 41.4 Å². The first kappa shape index (κ1) is 25.0. The standard InChI is InChI=1S/C25H15Cl2N3O5S/c1-34-25(33)16-5-3-2-4-15(16)20-9-7-14(35-20)11-21-23(32)30(19-8-6-13(26)10-18(19)27)24(36-21)17(12-28)22(29)31/h2-11H,1H3,(H2,29,31)/b21-11-,24-17-. The maximum atomic E-state index is 13.4. The number of nitrogens with zero attached hydrogens (tertiary/aromatic N) is 2. The lowest BCUT2D eigenvalue weighted by Crippen LogP contribution is -2.32. The lowest BCUT2D eigenvalue weighted by Gasteiger charge is -2.06. The fourth-order valence-corrected chi connectivity index (χ4v) is 5.01. The van der Waals surface area contributed by atoms with Crippen LogP contribution in [0, 0.1) is 11.3 Å². The monoisotopic (exact) mass is 539 g/mol. The Bertz CT molecular complexity index is 1740. The minimum absolute atomic E-state index is 0.00767. The summed E-state index contributed by atoms with van der Waals surface area (Å²) in [4.78, 5) is 37.5. The Hall–Kier alpha value is -4.10. The molecule has 0 fully saturated rings. The predicted octanol–water partition coefficient (Wildman–Crippen LogP) is 3.24. The third kappa shape index (κ3) is 4.70. The van der Waals surface area contributed by atoms with Crippen LogP contribution >= 0.6 is 34.5 Å². The average molecular weight is 540 g/mol. The topological polar surface area (TPSA) is 128 Å². The van der Waals surface area contributed by atoms with E-state index in [1.165, 1.54) is 31.4 Å². The van der Waals surface area contributed by atoms with E-state index in [4.69, 9.17) is 38.1 Å². The Morgan fingerprint density at radius 3 is 2.58 bits per heavy atom. The van der Waals surface area contributed by atoms with Gasteiger partial charge in [0.1, 0.15) is 22.3 Å². The molecule has 0 bridgehead atoms. The maximum absolute atomic E-state index is 13.4. The molecule has 0 aliphatic rings. The van der Waals surface area contributed by atoms with Crippen molar-refractivity contribution >= 4 is 58.1 Å². The highest BCUT2D eigenvalue weighted by Gasteiger charge is 2.18. The van der Waals surface area contributed by atoms with Crippen molar-refractivity contribution in [1.29, 1.82) is 5.26 Å². The third-order valence-corrected chi connectivity index (χ3v) is 6.67. The Labute approximate surface area is 217 Å². The molecule has 0 radical (unpaired) electrons. The molecule has 11 heteroatoms. The van der Waals surface area contributed by atoms with Crippen LogP contribution in [0.1, 0.15) is 16.1 Å². The van der Waals surface area contributed by atoms with Crippen molar-refractivity contribution in [2.24, 2.45) is 5.73 Å². The second-order valence-electron chi connectivity index (χ2n) is 7.24. The molecule has 0 aliphatic carbocycles. The van der Waals surface area contributed by atoms with Crippen molar-refractivity contribution in [2.45, 2.75) is 0 Å². The van der Waals surface area contributed by atoms with Crippen LogP contribution in [-0.4, -0.2) is 23.6 Å². The second kappa shape index (κ2) is 10.3. The van der Waals surface area contributed by atoms with Crippen molar-refractivity contribution in [3.05, 3.63) is 95.5 Å². The normalized spacial score (nSPS) is 12.2. The van der Waals surface area contributed by atoms with Gasteiger partial charge in [0, 0.05) is 16.7 Å². The highest BCUT2D eigenvalue weighted by atomic mass is 35.5. The Kier molecular flexibility index (Phi) is 7.12. The summed E-state index contributed by atoms with van der Waals surface area (Å²) in [5, 5.41) is 10.0. The predicted molar refractivity (Wildman–Crippen MR) is 136 cm³/mol. The quantitative estimate of drug-likeness (QED) is 0.387. The molecule has 0 saturated heterocycles. The smallest absolute Gasteiger partial charge is 0.338 e. The van der Waals surface area contributed by atoms with E-state index in [0.717, 1.165) is 15.9 Å². The van der Waals surface area contributed by atoms with Gasteiger partial charge >= 0.3 is 5.97 Å². The van der Waals surface area contributed by atoms with Gasteiger partial charge in [-0.05, 0) is 36.4 Å². The molecule has 1 amide bonds. The number of esters is 1. The summed E-state index contributed by atoms with van der Waals surface area (Å²) >= 11 is 13.2. The van der Waals surface area contributed by atoms with Crippen LogP contribution < -0.4 is 20.5 Å². The van der Waals surface area contributed by atoms with E-state index in [2.05, 4.69) is 0 Å². The molecule has 8 nitrogen and oxygen atoms in total. The number of amides is 1. The number of thiazole rings is 1. The Balaban J connectivity index is 1.94. The molecular weight excluding hydrogens is 525 g/mol. The van der Waals surface area contributed by atoms with Crippen molar-refractivity contribution in [1.82, 2.24) is 4.57 Å². The van der Waals surface area contributed by atoms with Crippen LogP contribution in [-0.2, 0) is 9.53 Å². The van der Waals surface area contributed by atoms with Gasteiger partial charge in [-0.2, -0.15) is 5.26 Å². The first-order chi connectivity index (χ1) is 17.2. The molecule has 4 aromatic rings. The van der Waals surface area contributed by atoms with Gasteiger partial charge in [0.05, 0.1) is 27.9 Å². The number of ether oxygens (including phenoxy) is 1. The molecule has 2 aromatic heterocycles. The van der Waals surface area contributed by atoms with Crippen LogP contribution in [0.3, 0.4) is 0 Å². The first-order valence-electron chi connectivity index (χ1n) is 10.2. The molecule has 0 spiro atoms. The number of carbonyl (C=O) groups is 2. The van der Waals surface area contributed by atoms with Gasteiger partial charge in [0.2, 0.25) is 0 Å². The number of halogens is 2. The van der Waals surface area contributed by atoms with Gasteiger partial charge in [-0.3, -0.25) is 14.2 Å². The minimum Gasteiger partial charge on any atom is -0.465 e. The van der Waals surface area contributed by atoms with E-state index < -0.39 is 23.0 Å². The molecule has 36 heavy (non-hydrogen) atoms. The Morgan fingerprint density at radius 1 is 1.17 bits per heavy atom. The van der Waals surface area contributed by atoms with E-state index >= 15 is 0 Å². The molecule has 2 heterocycles. The maximum Gasteiger partial charge on any atom is 0.338 e. The van der Waals surface area contributed by atoms with Crippen LogP contribution in [0.25, 0.3) is 28.7 Å². The zero-order valence-electron chi connectivity index (χ0n) is 18.5. The van der Waals surface area contributed by atoms with Crippen LogP contribution in [0.2, 0.25) is 10.0 Å². The Morgan fingerprint density at radius 2 is 1.92 bits per heavy atom. The lowest BCUT2D eigenvalue weighted by molar-refractivity contribution is -0.112. The van der Waals surface area contributed by atoms with E-state index in [1.807, 2.05) is 0 Å². The molecule has 2 N–H and O–H groups in total. The molecule has 0 aliphatic heterocycles. The van der Waals surface area contributed by atoms with Crippen LogP contribution in [0.5, 0.6) is 0 Å². The van der Waals surface area contributed by atoms with E-state index in [0.29, 0.717) is 27.7 Å². The molecule has 4 rings (SSSR count). The summed E-state index contributed by atoms with van der Waals surface area (Å²) in [6.07, 6.45) is 1.46. The fourth-order valence-electron chi connectivity index (χ4n) is 3.43. The van der Waals surface area contributed by atoms with Gasteiger partial charge in [0.25, 0.3) is 11.5 Å². The summed E-state index contributed by atoms with van der Waals surface area (Å²) in [6.45, 7) is 0. The van der Waals surface area contributed by atoms with Crippen molar-refractivity contribution < 1.29 is 18.7 Å². The highest BCUT2D eigenvalue weighted by Crippen LogP contribution is 2.27. The number of carbonyl (C=O) groups excluding carboxylic acids is 2. The highest BCUT2D eigenvalue weighted by molar-refractivity contribution is 7.07. The van der Waals surface area contributed by atoms with Gasteiger partial charge < -0.3 is 14.9 Å². The number of rotatable bonds is 5. The van der Waals surface area contributed by atoms with E-state index in [1.54, 1.807) is 42.5 Å². The van der Waals surface area contributed by atoms with Crippen LogP contribution in [0.15, 0.2) is 63.8 Å². The minimum atomic E-state index is -0.996. The largest absolute Gasteiger partial charge is 0.465 e. The summed E-state index contributed by atoms with van der Waals surface area (Å²) in [7, 11) is 1.28. The van der Waals surface area contributed by atoms with E-state index in [-0.39, 0.29) is 19.9 Å². The summed E-state index contributed by atoms with van der Waals surface area (Å²) in [6, 6.07) is 16.2. The zero-order chi connectivity index (χ0) is 26.0. The number of primary amides is 1. The number of hydrogen-bond donors (Lipinski definition) is 1. The van der Waals surface area contributed by atoms with E-state index in [9.17, 15) is 19.6 Å². The molecular formula is C25H15Cl2N3O5S. The number of furan rings is 1. The third-order valence-electron chi connectivity index (χ3n) is 5.04.